The molecule has 1 radical (unpaired) electrons. The minimum Gasteiger partial charge on any atom is -0.347 e. The topological polar surface area (TPSA) is 30.2 Å². The molecular formula is C23H17IrN3-2. The maximum Gasteiger partial charge on any atom is 0.0603 e. The van der Waals surface area contributed by atoms with Gasteiger partial charge in [0.2, 0.25) is 0 Å². The summed E-state index contributed by atoms with van der Waals surface area (Å²) in [6.45, 7) is 2.06. The Kier molecular flexibility index (Phi) is 6.12. The van der Waals surface area contributed by atoms with E-state index in [1.54, 1.807) is 6.20 Å². The first-order valence-electron chi connectivity index (χ1n) is 8.44. The molecule has 0 amide bonds. The van der Waals surface area contributed by atoms with Crippen molar-refractivity contribution in [1.29, 1.82) is 0 Å². The van der Waals surface area contributed by atoms with Crippen LogP contribution in [0.15, 0.2) is 85.5 Å². The molecule has 0 spiro atoms. The van der Waals surface area contributed by atoms with Crippen LogP contribution in [0, 0.1) is 19.1 Å². The molecule has 3 nitrogen and oxygen atoms in total. The molecule has 27 heavy (non-hydrogen) atoms. The third-order valence-corrected chi connectivity index (χ3v) is 4.17. The molecule has 0 saturated heterocycles. The fraction of sp³-hybridized carbons (Fsp3) is 0.0435. The second-order valence-electron chi connectivity index (χ2n) is 5.92. The van der Waals surface area contributed by atoms with Crippen molar-refractivity contribution in [2.75, 3.05) is 0 Å². The van der Waals surface area contributed by atoms with Crippen LogP contribution in [0.4, 0.5) is 0 Å². The van der Waals surface area contributed by atoms with Gasteiger partial charge in [-0.3, -0.25) is 4.98 Å². The Bertz CT molecular complexity index is 1150. The van der Waals surface area contributed by atoms with E-state index in [1.165, 1.54) is 10.9 Å². The van der Waals surface area contributed by atoms with Crippen LogP contribution in [0.5, 0.6) is 0 Å². The van der Waals surface area contributed by atoms with Gasteiger partial charge in [0.15, 0.2) is 0 Å². The number of hydrogen-bond acceptors (Lipinski definition) is 2. The summed E-state index contributed by atoms with van der Waals surface area (Å²) < 4.78 is 2.00. The first-order chi connectivity index (χ1) is 12.8. The monoisotopic (exact) mass is 528 g/mol. The molecule has 0 atom stereocenters. The van der Waals surface area contributed by atoms with Crippen LogP contribution in [-0.4, -0.2) is 14.4 Å². The first-order valence-corrected chi connectivity index (χ1v) is 8.44. The van der Waals surface area contributed by atoms with Crippen LogP contribution in [0.25, 0.3) is 27.7 Å². The summed E-state index contributed by atoms with van der Waals surface area (Å²) >= 11 is 0. The van der Waals surface area contributed by atoms with E-state index in [2.05, 4.69) is 47.2 Å². The third kappa shape index (κ3) is 4.13. The molecule has 2 aromatic carbocycles. The van der Waals surface area contributed by atoms with Gasteiger partial charge < -0.3 is 9.38 Å². The predicted octanol–water partition coefficient (Wildman–Crippen LogP) is 5.14. The second kappa shape index (κ2) is 8.72. The Morgan fingerprint density at radius 2 is 1.70 bits per heavy atom. The van der Waals surface area contributed by atoms with Gasteiger partial charge in [0.1, 0.15) is 0 Å². The van der Waals surface area contributed by atoms with Crippen molar-refractivity contribution in [3.05, 3.63) is 103 Å². The molecule has 0 aliphatic carbocycles. The Morgan fingerprint density at radius 3 is 2.52 bits per heavy atom. The predicted molar refractivity (Wildman–Crippen MR) is 105 cm³/mol. The normalized spacial score (nSPS) is 10.1. The number of nitrogens with zero attached hydrogens (tertiary/aromatic N) is 3. The standard InChI is InChI=1S/C12H10N.C11H7N2.Ir/c1-10-6-5-9-13-12(10)11-7-3-2-4-8-11;1-2-4-10-9(3-1)5-7-13-8-6-12-11(10)13;/h2-7,9H,1H3;1-3,5-8H;/q2*-1;. The Hall–Kier alpha value is -2.81. The maximum absolute atomic E-state index is 4.32. The number of fused-ring (bicyclic) bond motifs is 3. The van der Waals surface area contributed by atoms with E-state index < -0.39 is 0 Å². The SMILES string of the molecule is Cc1cccnc1-c1[c-]cccc1.[Ir].[c-]1cccc2ccn3ccnc3c12. The summed E-state index contributed by atoms with van der Waals surface area (Å²) in [5.74, 6) is 0. The minimum absolute atomic E-state index is 0. The van der Waals surface area contributed by atoms with Crippen LogP contribution >= 0.6 is 0 Å². The number of rotatable bonds is 1. The minimum atomic E-state index is 0. The van der Waals surface area contributed by atoms with Gasteiger partial charge in [-0.2, -0.15) is 0 Å². The molecule has 0 bridgehead atoms. The zero-order chi connectivity index (χ0) is 17.8. The van der Waals surface area contributed by atoms with Gasteiger partial charge in [-0.15, -0.1) is 70.9 Å². The van der Waals surface area contributed by atoms with E-state index in [-0.39, 0.29) is 20.1 Å². The molecule has 0 aliphatic heterocycles. The van der Waals surface area contributed by atoms with E-state index >= 15 is 0 Å². The quantitative estimate of drug-likeness (QED) is 0.283. The molecule has 0 fully saturated rings. The molecule has 0 N–H and O–H groups in total. The van der Waals surface area contributed by atoms with Crippen LogP contribution < -0.4 is 0 Å². The molecule has 0 aliphatic rings. The smallest absolute Gasteiger partial charge is 0.0603 e. The largest absolute Gasteiger partial charge is 0.347 e. The van der Waals surface area contributed by atoms with Gasteiger partial charge in [-0.25, -0.2) is 0 Å². The fourth-order valence-corrected chi connectivity index (χ4v) is 2.88. The van der Waals surface area contributed by atoms with E-state index in [1.807, 2.05) is 65.5 Å². The van der Waals surface area contributed by atoms with Crippen molar-refractivity contribution in [3.63, 3.8) is 0 Å². The number of benzene rings is 2. The molecular weight excluding hydrogens is 510 g/mol. The third-order valence-electron chi connectivity index (χ3n) is 4.17. The number of aryl methyl sites for hydroxylation is 1. The van der Waals surface area contributed by atoms with Crippen molar-refractivity contribution in [1.82, 2.24) is 14.4 Å². The number of imidazole rings is 1. The molecule has 0 saturated carbocycles. The van der Waals surface area contributed by atoms with Gasteiger partial charge in [0.25, 0.3) is 0 Å². The Balaban J connectivity index is 0.000000150. The molecule has 4 heteroatoms. The first kappa shape index (κ1) is 19.0. The van der Waals surface area contributed by atoms with Crippen molar-refractivity contribution in [3.8, 4) is 11.3 Å². The zero-order valence-corrected chi connectivity index (χ0v) is 17.2. The number of hydrogen-bond donors (Lipinski definition) is 0. The van der Waals surface area contributed by atoms with Crippen LogP contribution in [0.1, 0.15) is 5.56 Å². The molecule has 3 aromatic heterocycles. The average molecular weight is 528 g/mol. The molecule has 3 heterocycles. The summed E-state index contributed by atoms with van der Waals surface area (Å²) in [5.41, 5.74) is 4.23. The molecule has 135 valence electrons. The number of aromatic nitrogens is 3. The van der Waals surface area contributed by atoms with Crippen molar-refractivity contribution >= 4 is 16.4 Å². The van der Waals surface area contributed by atoms with Crippen LogP contribution in [-0.2, 0) is 20.1 Å². The molecule has 0 unspecified atom stereocenters. The van der Waals surface area contributed by atoms with E-state index in [4.69, 9.17) is 0 Å². The van der Waals surface area contributed by atoms with Gasteiger partial charge in [-0.05, 0) is 24.9 Å². The molecule has 5 aromatic rings. The van der Waals surface area contributed by atoms with E-state index in [0.717, 1.165) is 22.3 Å². The van der Waals surface area contributed by atoms with Crippen LogP contribution in [0.3, 0.4) is 0 Å². The van der Waals surface area contributed by atoms with Crippen molar-refractivity contribution in [2.45, 2.75) is 6.92 Å². The molecule has 5 rings (SSSR count). The van der Waals surface area contributed by atoms with Gasteiger partial charge in [-0.1, -0.05) is 17.7 Å². The maximum atomic E-state index is 4.32. The van der Waals surface area contributed by atoms with E-state index in [9.17, 15) is 0 Å². The van der Waals surface area contributed by atoms with Gasteiger partial charge >= 0.3 is 0 Å². The summed E-state index contributed by atoms with van der Waals surface area (Å²) in [7, 11) is 0. The van der Waals surface area contributed by atoms with Crippen LogP contribution in [0.2, 0.25) is 0 Å². The number of pyridine rings is 2. The van der Waals surface area contributed by atoms with Gasteiger partial charge in [0, 0.05) is 38.7 Å². The summed E-state index contributed by atoms with van der Waals surface area (Å²) in [6, 6.07) is 26.3. The summed E-state index contributed by atoms with van der Waals surface area (Å²) in [6.07, 6.45) is 7.56. The zero-order valence-electron chi connectivity index (χ0n) is 14.8. The summed E-state index contributed by atoms with van der Waals surface area (Å²) in [5, 5.41) is 2.26. The average Bonchev–Trinajstić information content (AvgIpc) is 3.19. The Morgan fingerprint density at radius 1 is 0.815 bits per heavy atom. The Labute approximate surface area is 172 Å². The van der Waals surface area contributed by atoms with Crippen molar-refractivity contribution < 1.29 is 20.1 Å². The van der Waals surface area contributed by atoms with Gasteiger partial charge in [0.05, 0.1) is 5.65 Å². The fourth-order valence-electron chi connectivity index (χ4n) is 2.88. The summed E-state index contributed by atoms with van der Waals surface area (Å²) in [4.78, 5) is 8.60. The van der Waals surface area contributed by atoms with E-state index in [0.29, 0.717) is 0 Å². The van der Waals surface area contributed by atoms with Crippen molar-refractivity contribution in [2.24, 2.45) is 0 Å². The second-order valence-corrected chi connectivity index (χ2v) is 5.92.